The van der Waals surface area contributed by atoms with Crippen molar-refractivity contribution in [1.82, 2.24) is 20.2 Å². The minimum Gasteiger partial charge on any atom is -0.338 e. The van der Waals surface area contributed by atoms with E-state index in [2.05, 4.69) is 27.1 Å². The zero-order chi connectivity index (χ0) is 17.7. The van der Waals surface area contributed by atoms with E-state index in [1.807, 2.05) is 20.8 Å². The first-order valence-corrected chi connectivity index (χ1v) is 9.62. The fourth-order valence-corrected chi connectivity index (χ4v) is 4.15. The highest BCUT2D eigenvalue weighted by Gasteiger charge is 2.25. The van der Waals surface area contributed by atoms with Crippen molar-refractivity contribution in [3.05, 3.63) is 11.4 Å². The van der Waals surface area contributed by atoms with Gasteiger partial charge in [0, 0.05) is 18.3 Å². The maximum absolute atomic E-state index is 12.2. The maximum atomic E-state index is 12.2. The van der Waals surface area contributed by atoms with E-state index < -0.39 is 6.03 Å². The quantitative estimate of drug-likeness (QED) is 0.797. The molecule has 2 rings (SSSR count). The van der Waals surface area contributed by atoms with Crippen molar-refractivity contribution in [3.8, 4) is 0 Å². The molecule has 1 saturated carbocycles. The average Bonchev–Trinajstić information content (AvgIpc) is 2.82. The van der Waals surface area contributed by atoms with E-state index in [-0.39, 0.29) is 11.2 Å². The lowest BCUT2D eigenvalue weighted by atomic mass is 9.95. The minimum absolute atomic E-state index is 0.292. The Bertz CT molecular complexity index is 594. The fourth-order valence-electron chi connectivity index (χ4n) is 3.08. The van der Waals surface area contributed by atoms with Crippen molar-refractivity contribution in [2.45, 2.75) is 76.2 Å². The summed E-state index contributed by atoms with van der Waals surface area (Å²) in [6.45, 7) is 8.22. The molecule has 0 spiro atoms. The van der Waals surface area contributed by atoms with Crippen LogP contribution in [0, 0.1) is 13.8 Å². The first-order chi connectivity index (χ1) is 11.4. The Morgan fingerprint density at radius 1 is 1.29 bits per heavy atom. The van der Waals surface area contributed by atoms with Gasteiger partial charge in [-0.2, -0.15) is 0 Å². The topological polar surface area (TPSA) is 76.0 Å². The molecule has 1 aliphatic carbocycles. The molecule has 2 N–H and O–H groups in total. The Balaban J connectivity index is 2.09. The van der Waals surface area contributed by atoms with Crippen molar-refractivity contribution >= 4 is 23.7 Å². The standard InChI is InChI=1S/C17H28N4O2S/c1-5-18-16(23)20-15(22)13(4)24-17-19-11(2)12(3)21(17)14-9-7-6-8-10-14/h13-14H,5-10H2,1-4H3,(H2,18,20,22,23). The van der Waals surface area contributed by atoms with Crippen LogP contribution in [0.25, 0.3) is 0 Å². The highest BCUT2D eigenvalue weighted by molar-refractivity contribution is 8.00. The second-order valence-corrected chi connectivity index (χ2v) is 7.64. The molecule has 134 valence electrons. The number of imidazole rings is 1. The summed E-state index contributed by atoms with van der Waals surface area (Å²) in [6.07, 6.45) is 6.14. The molecule has 1 heterocycles. The summed E-state index contributed by atoms with van der Waals surface area (Å²) in [5, 5.41) is 5.45. The van der Waals surface area contributed by atoms with Gasteiger partial charge in [0.15, 0.2) is 5.16 Å². The molecular formula is C17H28N4O2S. The number of aryl methyl sites for hydroxylation is 1. The molecule has 1 aliphatic rings. The van der Waals surface area contributed by atoms with Crippen molar-refractivity contribution in [3.63, 3.8) is 0 Å². The molecule has 0 radical (unpaired) electrons. The van der Waals surface area contributed by atoms with Crippen LogP contribution >= 0.6 is 11.8 Å². The third-order valence-corrected chi connectivity index (χ3v) is 5.59. The summed E-state index contributed by atoms with van der Waals surface area (Å²) < 4.78 is 2.30. The predicted octanol–water partition coefficient (Wildman–Crippen LogP) is 3.33. The molecule has 1 unspecified atom stereocenters. The summed E-state index contributed by atoms with van der Waals surface area (Å²) in [7, 11) is 0. The number of thioether (sulfide) groups is 1. The van der Waals surface area contributed by atoms with Gasteiger partial charge in [0.25, 0.3) is 0 Å². The Morgan fingerprint density at radius 3 is 2.58 bits per heavy atom. The van der Waals surface area contributed by atoms with Crippen molar-refractivity contribution in [2.24, 2.45) is 0 Å². The number of imide groups is 1. The molecule has 24 heavy (non-hydrogen) atoms. The van der Waals surface area contributed by atoms with Gasteiger partial charge in [-0.3, -0.25) is 10.1 Å². The molecule has 3 amide bonds. The van der Waals surface area contributed by atoms with Gasteiger partial charge in [-0.25, -0.2) is 9.78 Å². The van der Waals surface area contributed by atoms with Crippen LogP contribution in [0.4, 0.5) is 4.79 Å². The highest BCUT2D eigenvalue weighted by Crippen LogP contribution is 2.35. The number of hydrogen-bond donors (Lipinski definition) is 2. The molecule has 7 heteroatoms. The van der Waals surface area contributed by atoms with Gasteiger partial charge in [0.1, 0.15) is 0 Å². The van der Waals surface area contributed by atoms with Crippen LogP contribution in [0.3, 0.4) is 0 Å². The maximum Gasteiger partial charge on any atom is 0.321 e. The first-order valence-electron chi connectivity index (χ1n) is 8.74. The molecule has 1 atom stereocenters. The van der Waals surface area contributed by atoms with E-state index in [9.17, 15) is 9.59 Å². The molecule has 6 nitrogen and oxygen atoms in total. The number of nitrogens with zero attached hydrogens (tertiary/aromatic N) is 2. The second kappa shape index (κ2) is 8.55. The highest BCUT2D eigenvalue weighted by atomic mass is 32.2. The van der Waals surface area contributed by atoms with Crippen LogP contribution in [0.2, 0.25) is 0 Å². The van der Waals surface area contributed by atoms with Gasteiger partial charge in [-0.15, -0.1) is 0 Å². The Morgan fingerprint density at radius 2 is 1.96 bits per heavy atom. The summed E-state index contributed by atoms with van der Waals surface area (Å²) in [6, 6.07) is 0.0269. The van der Waals surface area contributed by atoms with Crippen LogP contribution in [0.5, 0.6) is 0 Å². The number of nitrogens with one attached hydrogen (secondary N) is 2. The molecule has 1 aromatic heterocycles. The molecule has 1 fully saturated rings. The van der Waals surface area contributed by atoms with Crippen LogP contribution in [0.15, 0.2) is 5.16 Å². The molecule has 0 bridgehead atoms. The van der Waals surface area contributed by atoms with E-state index in [0.29, 0.717) is 12.6 Å². The zero-order valence-electron chi connectivity index (χ0n) is 15.0. The van der Waals surface area contributed by atoms with Crippen molar-refractivity contribution < 1.29 is 9.59 Å². The van der Waals surface area contributed by atoms with E-state index in [1.54, 1.807) is 0 Å². The normalized spacial score (nSPS) is 16.7. The summed E-state index contributed by atoms with van der Waals surface area (Å²) >= 11 is 1.43. The van der Waals surface area contributed by atoms with Crippen molar-refractivity contribution in [1.29, 1.82) is 0 Å². The van der Waals surface area contributed by atoms with Gasteiger partial charge < -0.3 is 9.88 Å². The fraction of sp³-hybridized carbons (Fsp3) is 0.706. The van der Waals surface area contributed by atoms with E-state index in [4.69, 9.17) is 0 Å². The molecule has 0 saturated heterocycles. The first kappa shape index (κ1) is 18.8. The molecular weight excluding hydrogens is 324 g/mol. The van der Waals surface area contributed by atoms with Gasteiger partial charge in [-0.1, -0.05) is 31.0 Å². The van der Waals surface area contributed by atoms with E-state index in [0.717, 1.165) is 10.9 Å². The van der Waals surface area contributed by atoms with E-state index in [1.165, 1.54) is 49.6 Å². The average molecular weight is 353 g/mol. The Hall–Kier alpha value is -1.50. The van der Waals surface area contributed by atoms with Crippen LogP contribution < -0.4 is 10.6 Å². The minimum atomic E-state index is -0.446. The summed E-state index contributed by atoms with van der Waals surface area (Å²) in [5.41, 5.74) is 2.19. The lowest BCUT2D eigenvalue weighted by Gasteiger charge is -2.26. The lowest BCUT2D eigenvalue weighted by Crippen LogP contribution is -2.42. The van der Waals surface area contributed by atoms with Crippen LogP contribution in [-0.2, 0) is 4.79 Å². The third-order valence-electron chi connectivity index (χ3n) is 4.52. The van der Waals surface area contributed by atoms with Crippen LogP contribution in [0.1, 0.15) is 63.4 Å². The predicted molar refractivity (Wildman–Crippen MR) is 96.4 cm³/mol. The zero-order valence-corrected chi connectivity index (χ0v) is 15.8. The molecule has 0 aromatic carbocycles. The SMILES string of the molecule is CCNC(=O)NC(=O)C(C)Sc1nc(C)c(C)n1C1CCCCC1. The number of carbonyl (C=O) groups is 2. The van der Waals surface area contributed by atoms with Crippen LogP contribution in [-0.4, -0.2) is 33.3 Å². The summed E-state index contributed by atoms with van der Waals surface area (Å²) in [4.78, 5) is 28.4. The number of hydrogen-bond acceptors (Lipinski definition) is 4. The number of urea groups is 1. The Kier molecular flexibility index (Phi) is 6.71. The lowest BCUT2D eigenvalue weighted by molar-refractivity contribution is -0.119. The van der Waals surface area contributed by atoms with Gasteiger partial charge in [0.05, 0.1) is 10.9 Å². The molecule has 1 aromatic rings. The van der Waals surface area contributed by atoms with Gasteiger partial charge in [0.2, 0.25) is 5.91 Å². The van der Waals surface area contributed by atoms with Crippen molar-refractivity contribution in [2.75, 3.05) is 6.54 Å². The number of amides is 3. The third kappa shape index (κ3) is 4.53. The summed E-state index contributed by atoms with van der Waals surface area (Å²) in [5.74, 6) is -0.292. The van der Waals surface area contributed by atoms with Gasteiger partial charge >= 0.3 is 6.03 Å². The monoisotopic (exact) mass is 352 g/mol. The Labute approximate surface area is 148 Å². The number of rotatable bonds is 5. The smallest absolute Gasteiger partial charge is 0.321 e. The molecule has 0 aliphatic heterocycles. The number of aromatic nitrogens is 2. The number of carbonyl (C=O) groups excluding carboxylic acids is 2. The second-order valence-electron chi connectivity index (χ2n) is 6.34. The van der Waals surface area contributed by atoms with E-state index >= 15 is 0 Å². The largest absolute Gasteiger partial charge is 0.338 e. The van der Waals surface area contributed by atoms with Gasteiger partial charge in [-0.05, 0) is 40.5 Å².